The molecule has 0 saturated carbocycles. The van der Waals surface area contributed by atoms with Crippen molar-refractivity contribution in [3.8, 4) is 0 Å². The molecular weight excluding hydrogens is 387 g/mol. The SMILES string of the molecule is CN(C)CC(=O)Nc1ccc(NC(=O)C(N)Cc2ccccc2)cc1.Cl.Cl. The van der Waals surface area contributed by atoms with Crippen molar-refractivity contribution >= 4 is 48.0 Å². The number of carbonyl (C=O) groups is 2. The van der Waals surface area contributed by atoms with Gasteiger partial charge in [0.05, 0.1) is 12.6 Å². The van der Waals surface area contributed by atoms with Crippen LogP contribution in [0.2, 0.25) is 0 Å². The summed E-state index contributed by atoms with van der Waals surface area (Å²) in [6, 6.07) is 16.0. The minimum atomic E-state index is -0.623. The third-order valence-electron chi connectivity index (χ3n) is 3.53. The van der Waals surface area contributed by atoms with Crippen molar-refractivity contribution in [2.45, 2.75) is 12.5 Å². The Morgan fingerprint density at radius 1 is 0.926 bits per heavy atom. The topological polar surface area (TPSA) is 87.5 Å². The molecule has 2 amide bonds. The van der Waals surface area contributed by atoms with E-state index in [0.29, 0.717) is 24.3 Å². The van der Waals surface area contributed by atoms with Gasteiger partial charge in [-0.25, -0.2) is 0 Å². The first-order valence-corrected chi connectivity index (χ1v) is 8.09. The Labute approximate surface area is 172 Å². The highest BCUT2D eigenvalue weighted by molar-refractivity contribution is 5.96. The van der Waals surface area contributed by atoms with E-state index in [-0.39, 0.29) is 36.6 Å². The van der Waals surface area contributed by atoms with Gasteiger partial charge in [0.1, 0.15) is 0 Å². The number of carbonyl (C=O) groups excluding carboxylic acids is 2. The maximum atomic E-state index is 12.2. The van der Waals surface area contributed by atoms with Crippen molar-refractivity contribution in [3.05, 3.63) is 60.2 Å². The lowest BCUT2D eigenvalue weighted by atomic mass is 10.1. The lowest BCUT2D eigenvalue weighted by Crippen LogP contribution is -2.37. The molecule has 1 unspecified atom stereocenters. The number of hydrogen-bond donors (Lipinski definition) is 3. The summed E-state index contributed by atoms with van der Waals surface area (Å²) in [6.07, 6.45) is 0.478. The summed E-state index contributed by atoms with van der Waals surface area (Å²) in [5.41, 5.74) is 8.30. The van der Waals surface area contributed by atoms with E-state index >= 15 is 0 Å². The van der Waals surface area contributed by atoms with Crippen molar-refractivity contribution in [1.82, 2.24) is 4.90 Å². The molecule has 0 spiro atoms. The fourth-order valence-corrected chi connectivity index (χ4v) is 2.32. The average molecular weight is 413 g/mol. The molecule has 1 atom stereocenters. The Morgan fingerprint density at radius 2 is 1.44 bits per heavy atom. The van der Waals surface area contributed by atoms with Gasteiger partial charge in [-0.05, 0) is 50.3 Å². The summed E-state index contributed by atoms with van der Waals surface area (Å²) in [7, 11) is 3.66. The van der Waals surface area contributed by atoms with Gasteiger partial charge in [-0.3, -0.25) is 9.59 Å². The molecule has 0 bridgehead atoms. The lowest BCUT2D eigenvalue weighted by Gasteiger charge is -2.13. The van der Waals surface area contributed by atoms with Crippen LogP contribution >= 0.6 is 24.8 Å². The lowest BCUT2D eigenvalue weighted by molar-refractivity contribution is -0.117. The summed E-state index contributed by atoms with van der Waals surface area (Å²) >= 11 is 0. The standard InChI is InChI=1S/C19H24N4O2.2ClH/c1-23(2)13-18(24)21-15-8-10-16(11-9-15)22-19(25)17(20)12-14-6-4-3-5-7-14;;/h3-11,17H,12-13,20H2,1-2H3,(H,21,24)(H,22,25);2*1H. The zero-order valence-corrected chi connectivity index (χ0v) is 17.0. The fraction of sp³-hybridized carbons (Fsp3) is 0.263. The maximum Gasteiger partial charge on any atom is 0.241 e. The third-order valence-corrected chi connectivity index (χ3v) is 3.53. The number of halogens is 2. The molecule has 0 saturated heterocycles. The van der Waals surface area contributed by atoms with E-state index in [0.717, 1.165) is 5.56 Å². The van der Waals surface area contributed by atoms with Gasteiger partial charge in [0.25, 0.3) is 0 Å². The van der Waals surface area contributed by atoms with E-state index in [1.54, 1.807) is 29.2 Å². The minimum Gasteiger partial charge on any atom is -0.325 e. The third kappa shape index (κ3) is 8.88. The number of anilines is 2. The van der Waals surface area contributed by atoms with Gasteiger partial charge in [0, 0.05) is 11.4 Å². The second-order valence-electron chi connectivity index (χ2n) is 6.15. The Morgan fingerprint density at radius 3 is 1.96 bits per heavy atom. The number of nitrogens with one attached hydrogen (secondary N) is 2. The molecule has 27 heavy (non-hydrogen) atoms. The molecule has 0 radical (unpaired) electrons. The van der Waals surface area contributed by atoms with Gasteiger partial charge in [-0.1, -0.05) is 30.3 Å². The van der Waals surface area contributed by atoms with E-state index < -0.39 is 6.04 Å². The van der Waals surface area contributed by atoms with Crippen molar-refractivity contribution in [2.75, 3.05) is 31.3 Å². The summed E-state index contributed by atoms with van der Waals surface area (Å²) < 4.78 is 0. The molecule has 0 aromatic heterocycles. The molecule has 8 heteroatoms. The Hall–Kier alpha value is -2.12. The normalized spacial score (nSPS) is 11.0. The Balaban J connectivity index is 0.00000338. The van der Waals surface area contributed by atoms with Crippen molar-refractivity contribution < 1.29 is 9.59 Å². The highest BCUT2D eigenvalue weighted by Crippen LogP contribution is 2.14. The molecule has 0 aliphatic carbocycles. The number of rotatable bonds is 7. The van der Waals surface area contributed by atoms with Crippen LogP contribution in [0.1, 0.15) is 5.56 Å². The van der Waals surface area contributed by atoms with Crippen LogP contribution in [0.25, 0.3) is 0 Å². The molecule has 4 N–H and O–H groups in total. The van der Waals surface area contributed by atoms with Crippen LogP contribution in [0.5, 0.6) is 0 Å². The predicted molar refractivity (Wildman–Crippen MR) is 115 cm³/mol. The zero-order valence-electron chi connectivity index (χ0n) is 15.3. The molecule has 0 heterocycles. The summed E-state index contributed by atoms with van der Waals surface area (Å²) in [5, 5.41) is 5.58. The van der Waals surface area contributed by atoms with Crippen molar-refractivity contribution in [1.29, 1.82) is 0 Å². The van der Waals surface area contributed by atoms with Crippen LogP contribution in [0.15, 0.2) is 54.6 Å². The van der Waals surface area contributed by atoms with E-state index in [4.69, 9.17) is 5.73 Å². The number of likely N-dealkylation sites (N-methyl/N-ethyl adjacent to an activating group) is 1. The quantitative estimate of drug-likeness (QED) is 0.651. The zero-order chi connectivity index (χ0) is 18.2. The molecule has 0 fully saturated rings. The van der Waals surface area contributed by atoms with E-state index in [1.165, 1.54) is 0 Å². The van der Waals surface area contributed by atoms with Gasteiger partial charge in [-0.15, -0.1) is 24.8 Å². The second kappa shape index (κ2) is 12.3. The predicted octanol–water partition coefficient (Wildman–Crippen LogP) is 2.54. The number of amides is 2. The molecule has 2 aromatic rings. The van der Waals surface area contributed by atoms with Crippen LogP contribution < -0.4 is 16.4 Å². The first-order chi connectivity index (χ1) is 11.9. The Kier molecular flexibility index (Phi) is 11.3. The number of nitrogens with two attached hydrogens (primary N) is 1. The van der Waals surface area contributed by atoms with Crippen molar-refractivity contribution in [3.63, 3.8) is 0 Å². The van der Waals surface area contributed by atoms with Crippen LogP contribution in [0.4, 0.5) is 11.4 Å². The Bertz CT molecular complexity index is 709. The van der Waals surface area contributed by atoms with Gasteiger partial charge < -0.3 is 21.3 Å². The molecule has 148 valence electrons. The summed E-state index contributed by atoms with van der Waals surface area (Å²) in [6.45, 7) is 0.312. The van der Waals surface area contributed by atoms with Crippen LogP contribution in [-0.4, -0.2) is 43.4 Å². The number of hydrogen-bond acceptors (Lipinski definition) is 4. The summed E-state index contributed by atoms with van der Waals surface area (Å²) in [4.78, 5) is 25.7. The van der Waals surface area contributed by atoms with Crippen LogP contribution in [0.3, 0.4) is 0 Å². The van der Waals surface area contributed by atoms with Crippen LogP contribution in [0, 0.1) is 0 Å². The van der Waals surface area contributed by atoms with Crippen molar-refractivity contribution in [2.24, 2.45) is 5.73 Å². The molecule has 0 aliphatic heterocycles. The van der Waals surface area contributed by atoms with Gasteiger partial charge >= 0.3 is 0 Å². The molecule has 0 aliphatic rings. The van der Waals surface area contributed by atoms with E-state index in [1.807, 2.05) is 44.4 Å². The van der Waals surface area contributed by atoms with Gasteiger partial charge in [0.2, 0.25) is 11.8 Å². The maximum absolute atomic E-state index is 12.2. The molecule has 2 rings (SSSR count). The fourth-order valence-electron chi connectivity index (χ4n) is 2.32. The van der Waals surface area contributed by atoms with E-state index in [9.17, 15) is 9.59 Å². The second-order valence-corrected chi connectivity index (χ2v) is 6.15. The first-order valence-electron chi connectivity index (χ1n) is 8.09. The number of benzene rings is 2. The summed E-state index contributed by atoms with van der Waals surface area (Å²) in [5.74, 6) is -0.333. The molecule has 6 nitrogen and oxygen atoms in total. The molecular formula is C19H26Cl2N4O2. The average Bonchev–Trinajstić information content (AvgIpc) is 2.56. The van der Waals surface area contributed by atoms with Crippen LogP contribution in [-0.2, 0) is 16.0 Å². The monoisotopic (exact) mass is 412 g/mol. The largest absolute Gasteiger partial charge is 0.325 e. The highest BCUT2D eigenvalue weighted by atomic mass is 35.5. The highest BCUT2D eigenvalue weighted by Gasteiger charge is 2.14. The van der Waals surface area contributed by atoms with E-state index in [2.05, 4.69) is 10.6 Å². The smallest absolute Gasteiger partial charge is 0.241 e. The first kappa shape index (κ1) is 24.9. The molecule has 2 aromatic carbocycles. The van der Waals surface area contributed by atoms with Gasteiger partial charge in [0.15, 0.2) is 0 Å². The van der Waals surface area contributed by atoms with Gasteiger partial charge in [-0.2, -0.15) is 0 Å². The minimum absolute atomic E-state index is 0. The number of nitrogens with zero attached hydrogens (tertiary/aromatic N) is 1.